The lowest BCUT2D eigenvalue weighted by atomic mass is 9.90. The predicted molar refractivity (Wildman–Crippen MR) is 68.9 cm³/mol. The van der Waals surface area contributed by atoms with Gasteiger partial charge >= 0.3 is 5.97 Å². The van der Waals surface area contributed by atoms with Crippen LogP contribution in [0.15, 0.2) is 0 Å². The molecule has 19 heavy (non-hydrogen) atoms. The van der Waals surface area contributed by atoms with E-state index in [0.717, 1.165) is 25.7 Å². The van der Waals surface area contributed by atoms with Gasteiger partial charge in [0, 0.05) is 7.11 Å². The van der Waals surface area contributed by atoms with E-state index in [4.69, 9.17) is 9.47 Å². The number of methoxy groups -OCH3 is 1. The van der Waals surface area contributed by atoms with Crippen LogP contribution in [0, 0.1) is 0 Å². The Hall–Kier alpha value is -1.14. The van der Waals surface area contributed by atoms with E-state index in [1.165, 1.54) is 0 Å². The molecule has 0 atom stereocenters. The van der Waals surface area contributed by atoms with Crippen LogP contribution in [0.25, 0.3) is 0 Å². The van der Waals surface area contributed by atoms with E-state index in [1.54, 1.807) is 7.11 Å². The number of carboxylic acid groups (broad SMARTS) is 1. The van der Waals surface area contributed by atoms with Gasteiger partial charge in [-0.15, -0.1) is 0 Å². The van der Waals surface area contributed by atoms with Gasteiger partial charge in [0.1, 0.15) is 12.1 Å². The molecule has 1 aliphatic carbocycles. The molecule has 0 bridgehead atoms. The molecular formula is C13H23NO5. The average molecular weight is 273 g/mol. The molecule has 1 aliphatic rings. The summed E-state index contributed by atoms with van der Waals surface area (Å²) in [5, 5.41) is 12.0. The van der Waals surface area contributed by atoms with Crippen molar-refractivity contribution >= 4 is 11.9 Å². The van der Waals surface area contributed by atoms with Crippen LogP contribution in [-0.2, 0) is 19.1 Å². The Morgan fingerprint density at radius 1 is 1.16 bits per heavy atom. The maximum atomic E-state index is 11.8. The van der Waals surface area contributed by atoms with Crippen LogP contribution in [0.5, 0.6) is 0 Å². The number of ether oxygens (including phenoxy) is 2. The number of amides is 1. The van der Waals surface area contributed by atoms with Gasteiger partial charge in [-0.3, -0.25) is 4.79 Å². The minimum Gasteiger partial charge on any atom is -0.480 e. The third-order valence-electron chi connectivity index (χ3n) is 3.41. The van der Waals surface area contributed by atoms with E-state index in [2.05, 4.69) is 5.32 Å². The highest BCUT2D eigenvalue weighted by Gasteiger charge is 2.39. The van der Waals surface area contributed by atoms with E-state index in [9.17, 15) is 14.7 Å². The number of carbonyl (C=O) groups is 2. The second-order valence-electron chi connectivity index (χ2n) is 4.90. The lowest BCUT2D eigenvalue weighted by Gasteiger charge is -2.29. The lowest BCUT2D eigenvalue weighted by molar-refractivity contribution is -0.149. The van der Waals surface area contributed by atoms with Crippen molar-refractivity contribution in [2.75, 3.05) is 26.9 Å². The first kappa shape index (κ1) is 15.9. The van der Waals surface area contributed by atoms with Crippen LogP contribution in [0.3, 0.4) is 0 Å². The largest absolute Gasteiger partial charge is 0.480 e. The Labute approximate surface area is 113 Å². The summed E-state index contributed by atoms with van der Waals surface area (Å²) >= 11 is 0. The van der Waals surface area contributed by atoms with E-state index >= 15 is 0 Å². The molecule has 0 aromatic carbocycles. The molecule has 1 rings (SSSR count). The van der Waals surface area contributed by atoms with Crippen molar-refractivity contribution in [2.24, 2.45) is 0 Å². The van der Waals surface area contributed by atoms with Gasteiger partial charge in [0.05, 0.1) is 13.2 Å². The van der Waals surface area contributed by atoms with Gasteiger partial charge < -0.3 is 19.9 Å². The zero-order valence-electron chi connectivity index (χ0n) is 11.4. The summed E-state index contributed by atoms with van der Waals surface area (Å²) in [5.41, 5.74) is -1.11. The van der Waals surface area contributed by atoms with Crippen molar-refractivity contribution in [3.05, 3.63) is 0 Å². The van der Waals surface area contributed by atoms with Gasteiger partial charge in [0.2, 0.25) is 5.91 Å². The van der Waals surface area contributed by atoms with Crippen LogP contribution in [0.4, 0.5) is 0 Å². The summed E-state index contributed by atoms with van der Waals surface area (Å²) in [6.07, 6.45) is 4.69. The van der Waals surface area contributed by atoms with Gasteiger partial charge in [-0.05, 0) is 12.8 Å². The topological polar surface area (TPSA) is 84.9 Å². The fraction of sp³-hybridized carbons (Fsp3) is 0.846. The summed E-state index contributed by atoms with van der Waals surface area (Å²) in [6.45, 7) is 0.611. The molecule has 0 unspecified atom stereocenters. The van der Waals surface area contributed by atoms with Crippen molar-refractivity contribution in [2.45, 2.75) is 44.1 Å². The van der Waals surface area contributed by atoms with E-state index in [-0.39, 0.29) is 12.5 Å². The minimum atomic E-state index is -1.11. The summed E-state index contributed by atoms with van der Waals surface area (Å²) in [5.74, 6) is -1.32. The maximum Gasteiger partial charge on any atom is 0.329 e. The van der Waals surface area contributed by atoms with E-state index in [0.29, 0.717) is 26.1 Å². The molecule has 0 aliphatic heterocycles. The molecule has 0 heterocycles. The first-order chi connectivity index (χ1) is 9.10. The van der Waals surface area contributed by atoms with Gasteiger partial charge in [-0.25, -0.2) is 4.79 Å². The quantitative estimate of drug-likeness (QED) is 0.533. The number of hydrogen-bond acceptors (Lipinski definition) is 4. The molecule has 110 valence electrons. The van der Waals surface area contributed by atoms with Crippen LogP contribution in [0.2, 0.25) is 0 Å². The normalized spacial score (nSPS) is 18.6. The fourth-order valence-corrected chi connectivity index (χ4v) is 2.33. The van der Waals surface area contributed by atoms with Crippen molar-refractivity contribution < 1.29 is 24.2 Å². The van der Waals surface area contributed by atoms with Gasteiger partial charge in [0.25, 0.3) is 0 Å². The third kappa shape index (κ3) is 5.16. The second kappa shape index (κ2) is 8.12. The Bertz CT molecular complexity index is 297. The second-order valence-corrected chi connectivity index (χ2v) is 4.90. The smallest absolute Gasteiger partial charge is 0.329 e. The van der Waals surface area contributed by atoms with Gasteiger partial charge in [-0.1, -0.05) is 25.7 Å². The standard InChI is InChI=1S/C13H23NO5/c1-18-8-9-19-10-11(15)14-13(12(16)17)6-4-2-3-5-7-13/h2-10H2,1H3,(H,14,15)(H,16,17). The Morgan fingerprint density at radius 2 is 1.79 bits per heavy atom. The summed E-state index contributed by atoms with van der Waals surface area (Å²) in [6, 6.07) is 0. The number of rotatable bonds is 7. The fourth-order valence-electron chi connectivity index (χ4n) is 2.33. The van der Waals surface area contributed by atoms with Gasteiger partial charge in [-0.2, -0.15) is 0 Å². The molecule has 1 saturated carbocycles. The molecule has 2 N–H and O–H groups in total. The molecule has 0 saturated heterocycles. The van der Waals surface area contributed by atoms with Crippen molar-refractivity contribution in [1.29, 1.82) is 0 Å². The first-order valence-electron chi connectivity index (χ1n) is 6.72. The molecule has 1 amide bonds. The molecule has 0 aromatic rings. The summed E-state index contributed by atoms with van der Waals surface area (Å²) < 4.78 is 9.90. The monoisotopic (exact) mass is 273 g/mol. The third-order valence-corrected chi connectivity index (χ3v) is 3.41. The number of nitrogens with one attached hydrogen (secondary N) is 1. The SMILES string of the molecule is COCCOCC(=O)NC1(C(=O)O)CCCCCC1. The highest BCUT2D eigenvalue weighted by molar-refractivity contribution is 5.87. The van der Waals surface area contributed by atoms with Crippen LogP contribution < -0.4 is 5.32 Å². The molecule has 0 spiro atoms. The number of aliphatic carboxylic acids is 1. The molecule has 0 aromatic heterocycles. The molecule has 1 fully saturated rings. The molecule has 0 radical (unpaired) electrons. The zero-order chi connectivity index (χ0) is 14.1. The lowest BCUT2D eigenvalue weighted by Crippen LogP contribution is -2.55. The number of hydrogen-bond donors (Lipinski definition) is 2. The van der Waals surface area contributed by atoms with Crippen LogP contribution in [0.1, 0.15) is 38.5 Å². The van der Waals surface area contributed by atoms with Crippen molar-refractivity contribution in [1.82, 2.24) is 5.32 Å². The molecule has 6 heteroatoms. The van der Waals surface area contributed by atoms with Crippen molar-refractivity contribution in [3.63, 3.8) is 0 Å². The Morgan fingerprint density at radius 3 is 2.32 bits per heavy atom. The molecular weight excluding hydrogens is 250 g/mol. The maximum absolute atomic E-state index is 11.8. The van der Waals surface area contributed by atoms with Gasteiger partial charge in [0.15, 0.2) is 0 Å². The average Bonchev–Trinajstić information content (AvgIpc) is 2.61. The minimum absolute atomic E-state index is 0.127. The van der Waals surface area contributed by atoms with Crippen molar-refractivity contribution in [3.8, 4) is 0 Å². The predicted octanol–water partition coefficient (Wildman–Crippen LogP) is 0.943. The number of carbonyl (C=O) groups excluding carboxylic acids is 1. The highest BCUT2D eigenvalue weighted by atomic mass is 16.5. The number of carboxylic acids is 1. The zero-order valence-corrected chi connectivity index (χ0v) is 11.4. The summed E-state index contributed by atoms with van der Waals surface area (Å²) in [7, 11) is 1.55. The van der Waals surface area contributed by atoms with E-state index in [1.807, 2.05) is 0 Å². The van der Waals surface area contributed by atoms with Crippen LogP contribution >= 0.6 is 0 Å². The summed E-state index contributed by atoms with van der Waals surface area (Å²) in [4.78, 5) is 23.2. The first-order valence-corrected chi connectivity index (χ1v) is 6.72. The van der Waals surface area contributed by atoms with Crippen LogP contribution in [-0.4, -0.2) is 49.5 Å². The highest BCUT2D eigenvalue weighted by Crippen LogP contribution is 2.27. The molecule has 6 nitrogen and oxygen atoms in total. The Balaban J connectivity index is 2.48. The Kier molecular flexibility index (Phi) is 6.80. The van der Waals surface area contributed by atoms with E-state index < -0.39 is 11.5 Å².